The van der Waals surface area contributed by atoms with Crippen LogP contribution in [0.4, 0.5) is 11.4 Å². The average molecular weight is 451 g/mol. The number of anilines is 1. The van der Waals surface area contributed by atoms with Crippen molar-refractivity contribution in [3.05, 3.63) is 64.2 Å². The maximum atomic E-state index is 13.5. The van der Waals surface area contributed by atoms with Gasteiger partial charge in [-0.05, 0) is 50.1 Å². The molecule has 2 aromatic rings. The van der Waals surface area contributed by atoms with E-state index >= 15 is 0 Å². The van der Waals surface area contributed by atoms with E-state index in [1.54, 1.807) is 24.3 Å². The molecule has 4 rings (SSSR count). The molecule has 1 heterocycles. The first-order valence-corrected chi connectivity index (χ1v) is 11.1. The van der Waals surface area contributed by atoms with Crippen LogP contribution in [0.5, 0.6) is 5.75 Å². The van der Waals surface area contributed by atoms with Crippen molar-refractivity contribution in [2.75, 3.05) is 11.5 Å². The van der Waals surface area contributed by atoms with Gasteiger partial charge < -0.3 is 9.64 Å². The van der Waals surface area contributed by atoms with Crippen LogP contribution in [0.2, 0.25) is 0 Å². The molecule has 1 aliphatic heterocycles. The lowest BCUT2D eigenvalue weighted by molar-refractivity contribution is -0.384. The molecular weight excluding hydrogens is 426 g/mol. The molecule has 1 saturated heterocycles. The number of non-ortho nitro benzene ring substituents is 1. The topological polar surface area (TPSA) is 110 Å². The molecule has 9 heteroatoms. The molecule has 1 saturated carbocycles. The molecule has 0 bridgehead atoms. The van der Waals surface area contributed by atoms with Crippen LogP contribution >= 0.6 is 0 Å². The Morgan fingerprint density at radius 2 is 1.85 bits per heavy atom. The van der Waals surface area contributed by atoms with Gasteiger partial charge in [-0.1, -0.05) is 18.9 Å². The Hall–Kier alpha value is -3.75. The van der Waals surface area contributed by atoms with Crippen molar-refractivity contribution >= 4 is 29.1 Å². The largest absolute Gasteiger partial charge is 0.494 e. The Labute approximate surface area is 191 Å². The summed E-state index contributed by atoms with van der Waals surface area (Å²) < 4.78 is 5.42. The number of ether oxygens (including phenoxy) is 1. The van der Waals surface area contributed by atoms with Gasteiger partial charge in [0.1, 0.15) is 11.8 Å². The second-order valence-corrected chi connectivity index (χ2v) is 8.17. The fraction of sp³-hybridized carbons (Fsp3) is 0.375. The van der Waals surface area contributed by atoms with Crippen molar-refractivity contribution in [2.45, 2.75) is 51.1 Å². The summed E-state index contributed by atoms with van der Waals surface area (Å²) in [7, 11) is 0. The molecule has 9 nitrogen and oxygen atoms in total. The van der Waals surface area contributed by atoms with Gasteiger partial charge in [0.15, 0.2) is 0 Å². The maximum Gasteiger partial charge on any atom is 0.270 e. The third-order valence-electron chi connectivity index (χ3n) is 6.12. The summed E-state index contributed by atoms with van der Waals surface area (Å²) in [5.41, 5.74) is 0.359. The minimum Gasteiger partial charge on any atom is -0.494 e. The van der Waals surface area contributed by atoms with Gasteiger partial charge in [0, 0.05) is 23.7 Å². The highest BCUT2D eigenvalue weighted by atomic mass is 16.6. The molecule has 2 aliphatic rings. The monoisotopic (exact) mass is 451 g/mol. The Balaban J connectivity index is 1.64. The number of hydrogen-bond acceptors (Lipinski definition) is 6. The standard InChI is InChI=1S/C24H25N3O6/c1-2-33-20-12-10-18(11-13-20)26-22(28)15-21(24(26)30)25(17-7-3-4-8-17)23(29)16-6-5-9-19(14-16)27(31)32/h5-6,9-14,17,21H,2-4,7-8,15H2,1H3. The normalized spacial score (nSPS) is 18.6. The predicted octanol–water partition coefficient (Wildman–Crippen LogP) is 3.71. The van der Waals surface area contributed by atoms with E-state index in [-0.39, 0.29) is 29.6 Å². The molecule has 0 N–H and O–H groups in total. The highest BCUT2D eigenvalue weighted by Gasteiger charge is 2.47. The highest BCUT2D eigenvalue weighted by molar-refractivity contribution is 6.23. The predicted molar refractivity (Wildman–Crippen MR) is 120 cm³/mol. The van der Waals surface area contributed by atoms with Crippen molar-refractivity contribution < 1.29 is 24.0 Å². The maximum absolute atomic E-state index is 13.5. The molecule has 1 aliphatic carbocycles. The number of benzene rings is 2. The van der Waals surface area contributed by atoms with E-state index in [1.807, 2.05) is 6.92 Å². The minimum absolute atomic E-state index is 0.122. The molecule has 0 aromatic heterocycles. The van der Waals surface area contributed by atoms with Gasteiger partial charge >= 0.3 is 0 Å². The zero-order chi connectivity index (χ0) is 23.5. The summed E-state index contributed by atoms with van der Waals surface area (Å²) in [6, 6.07) is 11.0. The molecule has 1 atom stereocenters. The van der Waals surface area contributed by atoms with E-state index in [1.165, 1.54) is 29.2 Å². The lowest BCUT2D eigenvalue weighted by atomic mass is 10.1. The zero-order valence-corrected chi connectivity index (χ0v) is 18.3. The number of nitrogens with zero attached hydrogens (tertiary/aromatic N) is 3. The molecule has 3 amide bonds. The number of carbonyl (C=O) groups is 3. The van der Waals surface area contributed by atoms with Crippen molar-refractivity contribution in [3.63, 3.8) is 0 Å². The third kappa shape index (κ3) is 4.44. The van der Waals surface area contributed by atoms with E-state index in [9.17, 15) is 24.5 Å². The van der Waals surface area contributed by atoms with Crippen molar-refractivity contribution in [1.82, 2.24) is 4.90 Å². The van der Waals surface area contributed by atoms with Crippen LogP contribution in [0.25, 0.3) is 0 Å². The summed E-state index contributed by atoms with van der Waals surface area (Å²) in [4.78, 5) is 53.0. The van der Waals surface area contributed by atoms with Crippen molar-refractivity contribution in [2.24, 2.45) is 0 Å². The van der Waals surface area contributed by atoms with Crippen LogP contribution in [0.15, 0.2) is 48.5 Å². The first-order chi connectivity index (χ1) is 15.9. The van der Waals surface area contributed by atoms with E-state index < -0.39 is 22.8 Å². The number of amides is 3. The summed E-state index contributed by atoms with van der Waals surface area (Å²) in [5.74, 6) is -0.686. The average Bonchev–Trinajstić information content (AvgIpc) is 3.43. The van der Waals surface area contributed by atoms with Crippen LogP contribution in [-0.2, 0) is 9.59 Å². The fourth-order valence-corrected chi connectivity index (χ4v) is 4.61. The molecular formula is C24H25N3O6. The zero-order valence-electron chi connectivity index (χ0n) is 18.3. The summed E-state index contributed by atoms with van der Waals surface area (Å²) in [5, 5.41) is 11.2. The lowest BCUT2D eigenvalue weighted by Gasteiger charge is -2.33. The summed E-state index contributed by atoms with van der Waals surface area (Å²) in [6.45, 7) is 2.36. The number of nitro benzene ring substituents is 1. The molecule has 0 spiro atoms. The first-order valence-electron chi connectivity index (χ1n) is 11.1. The van der Waals surface area contributed by atoms with E-state index in [2.05, 4.69) is 0 Å². The van der Waals surface area contributed by atoms with Crippen LogP contribution < -0.4 is 9.64 Å². The van der Waals surface area contributed by atoms with Crippen LogP contribution in [0, 0.1) is 10.1 Å². The quantitative estimate of drug-likeness (QED) is 0.361. The summed E-state index contributed by atoms with van der Waals surface area (Å²) >= 11 is 0. The van der Waals surface area contributed by atoms with Gasteiger partial charge in [-0.3, -0.25) is 24.5 Å². The fourth-order valence-electron chi connectivity index (χ4n) is 4.61. The van der Waals surface area contributed by atoms with E-state index in [0.29, 0.717) is 18.0 Å². The van der Waals surface area contributed by atoms with Crippen LogP contribution in [0.1, 0.15) is 49.4 Å². The smallest absolute Gasteiger partial charge is 0.270 e. The Morgan fingerprint density at radius 3 is 2.48 bits per heavy atom. The van der Waals surface area contributed by atoms with Gasteiger partial charge in [0.25, 0.3) is 17.5 Å². The van der Waals surface area contributed by atoms with Gasteiger partial charge in [0.2, 0.25) is 5.91 Å². The second kappa shape index (κ2) is 9.40. The Kier molecular flexibility index (Phi) is 6.39. The van der Waals surface area contributed by atoms with E-state index in [4.69, 9.17) is 4.74 Å². The lowest BCUT2D eigenvalue weighted by Crippen LogP contribution is -2.50. The first kappa shape index (κ1) is 22.4. The SMILES string of the molecule is CCOc1ccc(N2C(=O)CC(N(C(=O)c3cccc([N+](=O)[O-])c3)C3CCCC3)C2=O)cc1. The number of hydrogen-bond donors (Lipinski definition) is 0. The summed E-state index contributed by atoms with van der Waals surface area (Å²) in [6.07, 6.45) is 3.16. The second-order valence-electron chi connectivity index (χ2n) is 8.17. The molecule has 2 aromatic carbocycles. The van der Waals surface area contributed by atoms with Crippen LogP contribution in [0.3, 0.4) is 0 Å². The molecule has 1 unspecified atom stereocenters. The van der Waals surface area contributed by atoms with Gasteiger partial charge in [0.05, 0.1) is 23.6 Å². The van der Waals surface area contributed by atoms with Gasteiger partial charge in [-0.15, -0.1) is 0 Å². The van der Waals surface area contributed by atoms with Crippen molar-refractivity contribution in [3.8, 4) is 5.75 Å². The number of nitro groups is 1. The van der Waals surface area contributed by atoms with Gasteiger partial charge in [-0.2, -0.15) is 0 Å². The Morgan fingerprint density at radius 1 is 1.15 bits per heavy atom. The minimum atomic E-state index is -0.945. The van der Waals surface area contributed by atoms with Gasteiger partial charge in [-0.25, -0.2) is 4.90 Å². The molecule has 172 valence electrons. The molecule has 2 fully saturated rings. The van der Waals surface area contributed by atoms with Crippen molar-refractivity contribution in [1.29, 1.82) is 0 Å². The Bertz CT molecular complexity index is 1080. The molecule has 0 radical (unpaired) electrons. The molecule has 33 heavy (non-hydrogen) atoms. The highest BCUT2D eigenvalue weighted by Crippen LogP contribution is 2.33. The number of carbonyl (C=O) groups excluding carboxylic acids is 3. The van der Waals surface area contributed by atoms with Crippen LogP contribution in [-0.4, -0.2) is 46.2 Å². The number of rotatable bonds is 7. The van der Waals surface area contributed by atoms with E-state index in [0.717, 1.165) is 30.6 Å². The number of imide groups is 1. The third-order valence-corrected chi connectivity index (χ3v) is 6.12.